The van der Waals surface area contributed by atoms with Gasteiger partial charge in [-0.05, 0) is 36.5 Å². The van der Waals surface area contributed by atoms with E-state index in [2.05, 4.69) is 39.8 Å². The van der Waals surface area contributed by atoms with Crippen molar-refractivity contribution in [3.8, 4) is 5.75 Å². The third-order valence-electron chi connectivity index (χ3n) is 3.89. The highest BCUT2D eigenvalue weighted by Crippen LogP contribution is 2.24. The summed E-state index contributed by atoms with van der Waals surface area (Å²) in [4.78, 5) is 0. The minimum Gasteiger partial charge on any atom is -0.505 e. The van der Waals surface area contributed by atoms with E-state index in [9.17, 15) is 13.2 Å². The maximum absolute atomic E-state index is 13.9. The van der Waals surface area contributed by atoms with Crippen LogP contribution in [0.25, 0.3) is 0 Å². The molecule has 0 fully saturated rings. The second-order valence-corrected chi connectivity index (χ2v) is 6.23. The van der Waals surface area contributed by atoms with Gasteiger partial charge in [-0.2, -0.15) is 4.39 Å². The van der Waals surface area contributed by atoms with E-state index in [0.717, 1.165) is 18.6 Å². The first-order valence-electron chi connectivity index (χ1n) is 9.20. The number of ether oxygens (including phenoxy) is 1. The number of methoxy groups -OCH3 is 1. The summed E-state index contributed by atoms with van der Waals surface area (Å²) in [6.07, 6.45) is 7.72. The normalized spacial score (nSPS) is 10.8. The van der Waals surface area contributed by atoms with Crippen molar-refractivity contribution in [3.63, 3.8) is 0 Å². The Balaban J connectivity index is 0.00000192. The van der Waals surface area contributed by atoms with Crippen molar-refractivity contribution in [2.45, 2.75) is 26.2 Å². The Morgan fingerprint density at radius 2 is 1.70 bits per heavy atom. The van der Waals surface area contributed by atoms with Crippen LogP contribution in [-0.4, -0.2) is 12.2 Å². The molecule has 0 bridgehead atoms. The first-order valence-corrected chi connectivity index (χ1v) is 9.20. The molecule has 0 heterocycles. The highest BCUT2D eigenvalue weighted by atomic mass is 19.2. The average Bonchev–Trinajstić information content (AvgIpc) is 2.74. The fourth-order valence-electron chi connectivity index (χ4n) is 1.91. The van der Waals surface area contributed by atoms with E-state index in [-0.39, 0.29) is 23.3 Å². The minimum atomic E-state index is -1.27. The molecule has 0 aliphatic rings. The van der Waals surface area contributed by atoms with Gasteiger partial charge in [0.15, 0.2) is 11.6 Å². The maximum atomic E-state index is 13.9. The lowest BCUT2D eigenvalue weighted by molar-refractivity contribution is 0.307. The summed E-state index contributed by atoms with van der Waals surface area (Å²) in [6, 6.07) is 2.41. The van der Waals surface area contributed by atoms with Crippen LogP contribution in [0.2, 0.25) is 0 Å². The van der Waals surface area contributed by atoms with E-state index < -0.39 is 23.2 Å². The molecule has 0 atom stereocenters. The molecule has 2 nitrogen and oxygen atoms in total. The molecule has 0 aromatic heterocycles. The summed E-state index contributed by atoms with van der Waals surface area (Å²) in [5, 5.41) is 9.10. The van der Waals surface area contributed by atoms with Gasteiger partial charge in [-0.1, -0.05) is 63.1 Å². The fourth-order valence-corrected chi connectivity index (χ4v) is 1.91. The standard InChI is InChI=1S/C21H21F3O2.C4H8/c1-13(7-9-17-10-11-19(25)21(24)20(17)23)6-8-14(2)16(4)18(22)12-15(3)26-5;1-3-4-2/h6,8,10-12,25H,1-4,7,9H2,5H3;3H,1,4H2,2H3/b8-6-,18-12+;. The Bertz CT molecular complexity index is 861. The zero-order valence-electron chi connectivity index (χ0n) is 17.6. The van der Waals surface area contributed by atoms with Gasteiger partial charge in [0.2, 0.25) is 5.82 Å². The van der Waals surface area contributed by atoms with Crippen LogP contribution in [0.3, 0.4) is 0 Å². The highest BCUT2D eigenvalue weighted by Gasteiger charge is 2.12. The molecular formula is C25H29F3O2. The van der Waals surface area contributed by atoms with E-state index in [1.54, 1.807) is 6.08 Å². The van der Waals surface area contributed by atoms with E-state index in [0.29, 0.717) is 17.6 Å². The number of halogens is 3. The van der Waals surface area contributed by atoms with E-state index in [1.807, 2.05) is 6.08 Å². The fraction of sp³-hybridized carbons (Fsp3) is 0.200. The van der Waals surface area contributed by atoms with Gasteiger partial charge in [-0.25, -0.2) is 8.78 Å². The van der Waals surface area contributed by atoms with Crippen LogP contribution < -0.4 is 0 Å². The van der Waals surface area contributed by atoms with Gasteiger partial charge in [0.05, 0.1) is 7.11 Å². The Morgan fingerprint density at radius 1 is 1.10 bits per heavy atom. The summed E-state index contributed by atoms with van der Waals surface area (Å²) in [5.41, 5.74) is 1.13. The Hall–Kier alpha value is -3.21. The third kappa shape index (κ3) is 9.32. The van der Waals surface area contributed by atoms with Crippen molar-refractivity contribution >= 4 is 0 Å². The monoisotopic (exact) mass is 418 g/mol. The van der Waals surface area contributed by atoms with Gasteiger partial charge in [0.25, 0.3) is 0 Å². The molecule has 162 valence electrons. The van der Waals surface area contributed by atoms with Gasteiger partial charge >= 0.3 is 0 Å². The Kier molecular flexibility index (Phi) is 12.4. The van der Waals surface area contributed by atoms with Gasteiger partial charge in [-0.3, -0.25) is 0 Å². The van der Waals surface area contributed by atoms with Crippen LogP contribution in [0, 0.1) is 11.6 Å². The topological polar surface area (TPSA) is 29.5 Å². The second-order valence-electron chi connectivity index (χ2n) is 6.23. The van der Waals surface area contributed by atoms with E-state index in [4.69, 9.17) is 9.84 Å². The molecule has 0 saturated carbocycles. The predicted octanol–water partition coefficient (Wildman–Crippen LogP) is 7.42. The Labute approximate surface area is 177 Å². The Morgan fingerprint density at radius 3 is 2.23 bits per heavy atom. The number of allylic oxidation sites excluding steroid dienone is 8. The molecule has 30 heavy (non-hydrogen) atoms. The van der Waals surface area contributed by atoms with Crippen molar-refractivity contribution in [1.82, 2.24) is 0 Å². The number of hydrogen-bond acceptors (Lipinski definition) is 2. The molecule has 0 amide bonds. The molecule has 1 rings (SSSR count). The minimum absolute atomic E-state index is 0.0684. The lowest BCUT2D eigenvalue weighted by Crippen LogP contribution is -1.95. The number of aryl methyl sites for hydroxylation is 1. The molecule has 0 saturated heterocycles. The molecule has 0 aliphatic carbocycles. The SMILES string of the molecule is C=C(/C=C\C(=C)C(=C)/C(F)=C\C(=C)OC)CCc1ccc(O)c(F)c1F.C=CCC. The molecule has 0 unspecified atom stereocenters. The summed E-state index contributed by atoms with van der Waals surface area (Å²) < 4.78 is 45.7. The zero-order valence-corrected chi connectivity index (χ0v) is 17.6. The average molecular weight is 418 g/mol. The van der Waals surface area contributed by atoms with Crippen LogP contribution in [0.5, 0.6) is 5.75 Å². The number of aromatic hydroxyl groups is 1. The summed E-state index contributed by atoms with van der Waals surface area (Å²) in [7, 11) is 1.37. The molecule has 1 aromatic carbocycles. The van der Waals surface area contributed by atoms with Crippen LogP contribution >= 0.6 is 0 Å². The van der Waals surface area contributed by atoms with Crippen molar-refractivity contribution in [2.75, 3.05) is 7.11 Å². The number of hydrogen-bond donors (Lipinski definition) is 1. The molecule has 5 heteroatoms. The third-order valence-corrected chi connectivity index (χ3v) is 3.89. The molecule has 0 spiro atoms. The first-order chi connectivity index (χ1) is 14.1. The summed E-state index contributed by atoms with van der Waals surface area (Å²) in [6.45, 7) is 20.2. The van der Waals surface area contributed by atoms with Crippen molar-refractivity contribution in [3.05, 3.63) is 115 Å². The molecule has 0 aliphatic heterocycles. The lowest BCUT2D eigenvalue weighted by atomic mass is 10.0. The van der Waals surface area contributed by atoms with Crippen molar-refractivity contribution in [1.29, 1.82) is 0 Å². The largest absolute Gasteiger partial charge is 0.505 e. The van der Waals surface area contributed by atoms with Crippen LogP contribution in [0.4, 0.5) is 13.2 Å². The number of phenolic OH excluding ortho intramolecular Hbond substituents is 1. The lowest BCUT2D eigenvalue weighted by Gasteiger charge is -2.06. The highest BCUT2D eigenvalue weighted by molar-refractivity contribution is 5.48. The number of rotatable bonds is 10. The number of benzene rings is 1. The van der Waals surface area contributed by atoms with E-state index in [1.165, 1.54) is 19.3 Å². The zero-order chi connectivity index (χ0) is 23.3. The van der Waals surface area contributed by atoms with Gasteiger partial charge in [-0.15, -0.1) is 6.58 Å². The molecule has 0 radical (unpaired) electrons. The molecule has 1 N–H and O–H groups in total. The predicted molar refractivity (Wildman–Crippen MR) is 119 cm³/mol. The number of phenols is 1. The van der Waals surface area contributed by atoms with Crippen LogP contribution in [0.15, 0.2) is 97.6 Å². The van der Waals surface area contributed by atoms with Gasteiger partial charge in [0, 0.05) is 11.6 Å². The quantitative estimate of drug-likeness (QED) is 0.243. The van der Waals surface area contributed by atoms with Crippen molar-refractivity contribution < 1.29 is 23.0 Å². The molecular weight excluding hydrogens is 389 g/mol. The second kappa shape index (κ2) is 13.9. The van der Waals surface area contributed by atoms with E-state index >= 15 is 0 Å². The van der Waals surface area contributed by atoms with Gasteiger partial charge in [0.1, 0.15) is 11.6 Å². The maximum Gasteiger partial charge on any atom is 0.200 e. The smallest absolute Gasteiger partial charge is 0.200 e. The van der Waals surface area contributed by atoms with Gasteiger partial charge < -0.3 is 9.84 Å². The van der Waals surface area contributed by atoms with Crippen molar-refractivity contribution in [2.24, 2.45) is 0 Å². The summed E-state index contributed by atoms with van der Waals surface area (Å²) in [5.74, 6) is -3.56. The summed E-state index contributed by atoms with van der Waals surface area (Å²) >= 11 is 0. The van der Waals surface area contributed by atoms with Crippen LogP contribution in [0.1, 0.15) is 25.3 Å². The van der Waals surface area contributed by atoms with Crippen LogP contribution in [-0.2, 0) is 11.2 Å². The first kappa shape index (κ1) is 26.8. The molecule has 1 aromatic rings.